The zero-order valence-electron chi connectivity index (χ0n) is 9.51. The minimum absolute atomic E-state index is 0.118. The predicted molar refractivity (Wildman–Crippen MR) is 79.6 cm³/mol. The molecule has 0 amide bonds. The molecule has 2 aromatic carbocycles. The van der Waals surface area contributed by atoms with Crippen molar-refractivity contribution in [2.24, 2.45) is 0 Å². The van der Waals surface area contributed by atoms with Crippen molar-refractivity contribution < 1.29 is 9.90 Å². The van der Waals surface area contributed by atoms with Crippen LogP contribution in [0, 0.1) is 0 Å². The third-order valence-corrected chi connectivity index (χ3v) is 3.16. The van der Waals surface area contributed by atoms with E-state index in [1.54, 1.807) is 12.1 Å². The van der Waals surface area contributed by atoms with Crippen molar-refractivity contribution in [1.82, 2.24) is 0 Å². The standard InChI is InChI=1S/C7H7BrO.C7H5BrO/c2*8-7-3-1-6(5-9)2-4-7/h1-4,9H,5H2;1-5H. The number of carbonyl (C=O) groups is 1. The van der Waals surface area contributed by atoms with Gasteiger partial charge in [0.2, 0.25) is 0 Å². The molecule has 0 aromatic heterocycles. The number of aliphatic hydroxyl groups is 1. The van der Waals surface area contributed by atoms with Crippen LogP contribution in [0.3, 0.4) is 0 Å². The maximum atomic E-state index is 10.1. The second-order valence-corrected chi connectivity index (χ2v) is 5.29. The summed E-state index contributed by atoms with van der Waals surface area (Å²) in [6, 6.07) is 14.8. The molecule has 0 bridgehead atoms. The van der Waals surface area contributed by atoms with E-state index in [1.807, 2.05) is 36.4 Å². The first-order valence-corrected chi connectivity index (χ1v) is 6.80. The van der Waals surface area contributed by atoms with Gasteiger partial charge in [-0.25, -0.2) is 0 Å². The minimum atomic E-state index is 0.118. The molecule has 0 unspecified atom stereocenters. The largest absolute Gasteiger partial charge is 0.392 e. The molecule has 2 nitrogen and oxygen atoms in total. The first-order chi connectivity index (χ1) is 8.65. The van der Waals surface area contributed by atoms with E-state index < -0.39 is 0 Å². The van der Waals surface area contributed by atoms with Crippen LogP contribution < -0.4 is 0 Å². The van der Waals surface area contributed by atoms with Crippen molar-refractivity contribution in [3.05, 3.63) is 68.6 Å². The van der Waals surface area contributed by atoms with E-state index in [9.17, 15) is 4.79 Å². The van der Waals surface area contributed by atoms with Gasteiger partial charge >= 0.3 is 0 Å². The Morgan fingerprint density at radius 3 is 1.72 bits per heavy atom. The van der Waals surface area contributed by atoms with Gasteiger partial charge in [0.15, 0.2) is 0 Å². The summed E-state index contributed by atoms with van der Waals surface area (Å²) in [7, 11) is 0. The lowest BCUT2D eigenvalue weighted by Gasteiger charge is -1.92. The molecule has 2 rings (SSSR count). The molecule has 0 saturated heterocycles. The highest BCUT2D eigenvalue weighted by Gasteiger charge is 1.87. The second kappa shape index (κ2) is 8.19. The topological polar surface area (TPSA) is 37.3 Å². The van der Waals surface area contributed by atoms with E-state index in [2.05, 4.69) is 31.9 Å². The van der Waals surface area contributed by atoms with Crippen molar-refractivity contribution in [2.45, 2.75) is 6.61 Å². The van der Waals surface area contributed by atoms with Crippen LogP contribution in [-0.4, -0.2) is 11.4 Å². The van der Waals surface area contributed by atoms with Gasteiger partial charge in [0.25, 0.3) is 0 Å². The number of carbonyl (C=O) groups excluding carboxylic acids is 1. The lowest BCUT2D eigenvalue weighted by molar-refractivity contribution is 0.112. The van der Waals surface area contributed by atoms with Crippen molar-refractivity contribution in [3.8, 4) is 0 Å². The fourth-order valence-corrected chi connectivity index (χ4v) is 1.66. The van der Waals surface area contributed by atoms with Gasteiger partial charge in [-0.2, -0.15) is 0 Å². The highest BCUT2D eigenvalue weighted by molar-refractivity contribution is 9.10. The van der Waals surface area contributed by atoms with Crippen LogP contribution in [0.4, 0.5) is 0 Å². The normalized spacial score (nSPS) is 9.28. The van der Waals surface area contributed by atoms with Crippen LogP contribution in [0.2, 0.25) is 0 Å². The molecule has 1 N–H and O–H groups in total. The van der Waals surface area contributed by atoms with Gasteiger partial charge in [-0.05, 0) is 29.8 Å². The van der Waals surface area contributed by atoms with Gasteiger partial charge in [-0.3, -0.25) is 4.79 Å². The average molecular weight is 372 g/mol. The Balaban J connectivity index is 0.000000180. The summed E-state index contributed by atoms with van der Waals surface area (Å²) in [5.41, 5.74) is 1.65. The number of hydrogen-bond donors (Lipinski definition) is 1. The van der Waals surface area contributed by atoms with Crippen molar-refractivity contribution in [3.63, 3.8) is 0 Å². The lowest BCUT2D eigenvalue weighted by Crippen LogP contribution is -1.79. The summed E-state index contributed by atoms with van der Waals surface area (Å²) in [6.45, 7) is 0.118. The molecule has 0 heterocycles. The van der Waals surface area contributed by atoms with Crippen LogP contribution in [0.1, 0.15) is 15.9 Å². The maximum Gasteiger partial charge on any atom is 0.150 e. The third kappa shape index (κ3) is 5.58. The van der Waals surface area contributed by atoms with Crippen LogP contribution in [0.25, 0.3) is 0 Å². The molecule has 2 aromatic rings. The lowest BCUT2D eigenvalue weighted by atomic mass is 10.2. The minimum Gasteiger partial charge on any atom is -0.392 e. The highest BCUT2D eigenvalue weighted by Crippen LogP contribution is 2.10. The summed E-state index contributed by atoms with van der Waals surface area (Å²) in [6.07, 6.45) is 0.826. The van der Waals surface area contributed by atoms with Gasteiger partial charge in [-0.15, -0.1) is 0 Å². The SMILES string of the molecule is O=Cc1ccc(Br)cc1.OCc1ccc(Br)cc1. The van der Waals surface area contributed by atoms with E-state index in [-0.39, 0.29) is 6.61 Å². The Bertz CT molecular complexity index is 478. The van der Waals surface area contributed by atoms with Crippen molar-refractivity contribution >= 4 is 38.1 Å². The Kier molecular flexibility index (Phi) is 6.86. The van der Waals surface area contributed by atoms with Gasteiger partial charge in [0, 0.05) is 14.5 Å². The molecule has 18 heavy (non-hydrogen) atoms. The molecule has 4 heteroatoms. The molecular formula is C14H12Br2O2. The van der Waals surface area contributed by atoms with E-state index in [1.165, 1.54) is 0 Å². The van der Waals surface area contributed by atoms with Gasteiger partial charge < -0.3 is 5.11 Å². The summed E-state index contributed by atoms with van der Waals surface area (Å²) >= 11 is 6.55. The van der Waals surface area contributed by atoms with Gasteiger partial charge in [-0.1, -0.05) is 56.1 Å². The number of hydrogen-bond acceptors (Lipinski definition) is 2. The van der Waals surface area contributed by atoms with Crippen LogP contribution in [0.5, 0.6) is 0 Å². The molecule has 0 fully saturated rings. The molecule has 0 spiro atoms. The van der Waals surface area contributed by atoms with Crippen molar-refractivity contribution in [2.75, 3.05) is 0 Å². The number of aldehydes is 1. The number of halogens is 2. The molecule has 0 aliphatic heterocycles. The Labute approximate surface area is 123 Å². The summed E-state index contributed by atoms with van der Waals surface area (Å²) < 4.78 is 2.04. The first kappa shape index (κ1) is 15.1. The molecule has 0 atom stereocenters. The number of aliphatic hydroxyl groups excluding tert-OH is 1. The summed E-state index contributed by atoms with van der Waals surface area (Å²) in [5, 5.41) is 8.61. The van der Waals surface area contributed by atoms with Crippen LogP contribution >= 0.6 is 31.9 Å². The van der Waals surface area contributed by atoms with Gasteiger partial charge in [0.1, 0.15) is 6.29 Å². The molecule has 0 radical (unpaired) electrons. The van der Waals surface area contributed by atoms with Crippen LogP contribution in [0.15, 0.2) is 57.5 Å². The number of benzene rings is 2. The highest BCUT2D eigenvalue weighted by atomic mass is 79.9. The quantitative estimate of drug-likeness (QED) is 0.803. The summed E-state index contributed by atoms with van der Waals surface area (Å²) in [5.74, 6) is 0. The maximum absolute atomic E-state index is 10.1. The van der Waals surface area contributed by atoms with Gasteiger partial charge in [0.05, 0.1) is 6.61 Å². The Morgan fingerprint density at radius 2 is 1.33 bits per heavy atom. The van der Waals surface area contributed by atoms with E-state index in [0.717, 1.165) is 20.8 Å². The second-order valence-electron chi connectivity index (χ2n) is 3.45. The molecule has 94 valence electrons. The van der Waals surface area contributed by atoms with E-state index in [4.69, 9.17) is 5.11 Å². The molecular weight excluding hydrogens is 360 g/mol. The number of rotatable bonds is 2. The van der Waals surface area contributed by atoms with E-state index in [0.29, 0.717) is 5.56 Å². The summed E-state index contributed by atoms with van der Waals surface area (Å²) in [4.78, 5) is 10.1. The van der Waals surface area contributed by atoms with Crippen molar-refractivity contribution in [1.29, 1.82) is 0 Å². The molecule has 0 aliphatic rings. The monoisotopic (exact) mass is 370 g/mol. The zero-order chi connectivity index (χ0) is 13.4. The molecule has 0 saturated carbocycles. The Hall–Kier alpha value is -0.970. The fraction of sp³-hybridized carbons (Fsp3) is 0.0714. The molecule has 0 aliphatic carbocycles. The van der Waals surface area contributed by atoms with E-state index >= 15 is 0 Å². The van der Waals surface area contributed by atoms with Crippen LogP contribution in [-0.2, 0) is 6.61 Å². The predicted octanol–water partition coefficient (Wildman–Crippen LogP) is 4.20. The third-order valence-electron chi connectivity index (χ3n) is 2.10. The smallest absolute Gasteiger partial charge is 0.150 e. The zero-order valence-corrected chi connectivity index (χ0v) is 12.7. The average Bonchev–Trinajstić information content (AvgIpc) is 2.41. The Morgan fingerprint density at radius 1 is 0.889 bits per heavy atom. The first-order valence-electron chi connectivity index (χ1n) is 5.21. The fourth-order valence-electron chi connectivity index (χ4n) is 1.13.